The fourth-order valence-corrected chi connectivity index (χ4v) is 3.41. The van der Waals surface area contributed by atoms with E-state index in [0.717, 1.165) is 19.0 Å². The van der Waals surface area contributed by atoms with Crippen molar-refractivity contribution in [2.24, 2.45) is 23.7 Å². The van der Waals surface area contributed by atoms with Gasteiger partial charge in [0.2, 0.25) is 5.91 Å². The van der Waals surface area contributed by atoms with Crippen LogP contribution in [0.1, 0.15) is 66.7 Å². The molecule has 1 heterocycles. The molecule has 2 heteroatoms. The first kappa shape index (κ1) is 16.5. The summed E-state index contributed by atoms with van der Waals surface area (Å²) >= 11 is 0. The molecule has 1 amide bonds. The van der Waals surface area contributed by atoms with Crippen molar-refractivity contribution in [3.8, 4) is 0 Å². The van der Waals surface area contributed by atoms with Crippen LogP contribution in [0.4, 0.5) is 0 Å². The third-order valence-electron chi connectivity index (χ3n) is 5.14. The van der Waals surface area contributed by atoms with Gasteiger partial charge < -0.3 is 4.90 Å². The van der Waals surface area contributed by atoms with Gasteiger partial charge in [-0.1, -0.05) is 47.5 Å². The van der Waals surface area contributed by atoms with Gasteiger partial charge in [-0.05, 0) is 37.0 Å². The molecule has 1 saturated heterocycles. The van der Waals surface area contributed by atoms with Crippen LogP contribution < -0.4 is 0 Å². The van der Waals surface area contributed by atoms with E-state index < -0.39 is 0 Å². The fraction of sp³-hybridized carbons (Fsp3) is 0.941. The van der Waals surface area contributed by atoms with Gasteiger partial charge in [-0.15, -0.1) is 0 Å². The van der Waals surface area contributed by atoms with Crippen molar-refractivity contribution in [3.63, 3.8) is 0 Å². The maximum absolute atomic E-state index is 12.5. The lowest BCUT2D eigenvalue weighted by molar-refractivity contribution is -0.139. The third-order valence-corrected chi connectivity index (χ3v) is 5.14. The van der Waals surface area contributed by atoms with Crippen LogP contribution in [0.3, 0.4) is 0 Å². The molecule has 3 unspecified atom stereocenters. The lowest BCUT2D eigenvalue weighted by atomic mass is 9.86. The van der Waals surface area contributed by atoms with Gasteiger partial charge in [0, 0.05) is 19.0 Å². The highest BCUT2D eigenvalue weighted by Gasteiger charge is 2.32. The van der Waals surface area contributed by atoms with Gasteiger partial charge in [0.1, 0.15) is 0 Å². The number of rotatable bonds is 2. The van der Waals surface area contributed by atoms with Gasteiger partial charge in [0.15, 0.2) is 0 Å². The average Bonchev–Trinajstić information content (AvgIpc) is 2.96. The summed E-state index contributed by atoms with van der Waals surface area (Å²) < 4.78 is 0. The Hall–Kier alpha value is -0.530. The first-order chi connectivity index (χ1) is 9.09. The summed E-state index contributed by atoms with van der Waals surface area (Å²) in [6.07, 6.45) is 6.38. The Kier molecular flexibility index (Phi) is 6.88. The number of amides is 1. The van der Waals surface area contributed by atoms with E-state index in [-0.39, 0.29) is 5.92 Å². The summed E-state index contributed by atoms with van der Waals surface area (Å²) in [5.41, 5.74) is 0. The number of piperidine rings is 1. The molecule has 0 bridgehead atoms. The van der Waals surface area contributed by atoms with E-state index >= 15 is 0 Å². The molecule has 0 aromatic heterocycles. The zero-order chi connectivity index (χ0) is 14.4. The molecule has 2 rings (SSSR count). The minimum Gasteiger partial charge on any atom is -0.342 e. The topological polar surface area (TPSA) is 20.3 Å². The molecule has 19 heavy (non-hydrogen) atoms. The normalized spacial score (nSPS) is 29.6. The number of hydrogen-bond acceptors (Lipinski definition) is 1. The first-order valence-corrected chi connectivity index (χ1v) is 8.38. The Balaban J connectivity index is 0.000000861. The molecule has 3 atom stereocenters. The van der Waals surface area contributed by atoms with E-state index in [4.69, 9.17) is 0 Å². The Morgan fingerprint density at radius 3 is 2.16 bits per heavy atom. The van der Waals surface area contributed by atoms with Crippen molar-refractivity contribution in [2.75, 3.05) is 13.1 Å². The minimum absolute atomic E-state index is 0.262. The largest absolute Gasteiger partial charge is 0.342 e. The van der Waals surface area contributed by atoms with Gasteiger partial charge in [-0.3, -0.25) is 4.79 Å². The van der Waals surface area contributed by atoms with Crippen LogP contribution >= 0.6 is 0 Å². The van der Waals surface area contributed by atoms with Gasteiger partial charge in [-0.25, -0.2) is 0 Å². The van der Waals surface area contributed by atoms with Crippen LogP contribution in [0.2, 0.25) is 0 Å². The van der Waals surface area contributed by atoms with Crippen LogP contribution in [0, 0.1) is 23.7 Å². The molecule has 0 aromatic carbocycles. The van der Waals surface area contributed by atoms with Crippen LogP contribution in [-0.4, -0.2) is 23.9 Å². The Morgan fingerprint density at radius 1 is 1.05 bits per heavy atom. The summed E-state index contributed by atoms with van der Waals surface area (Å²) in [5, 5.41) is 0. The summed E-state index contributed by atoms with van der Waals surface area (Å²) in [5.74, 6) is 2.80. The zero-order valence-electron chi connectivity index (χ0n) is 13.6. The molecule has 1 aliphatic carbocycles. The number of hydrogen-bond donors (Lipinski definition) is 0. The molecule has 0 radical (unpaired) electrons. The van der Waals surface area contributed by atoms with Crippen molar-refractivity contribution >= 4 is 5.91 Å². The van der Waals surface area contributed by atoms with Gasteiger partial charge in [0.25, 0.3) is 0 Å². The summed E-state index contributed by atoms with van der Waals surface area (Å²) in [4.78, 5) is 14.6. The molecule has 1 aliphatic heterocycles. The number of carbonyl (C=O) groups excluding carboxylic acids is 1. The van der Waals surface area contributed by atoms with Crippen LogP contribution in [0.5, 0.6) is 0 Å². The summed E-state index contributed by atoms with van der Waals surface area (Å²) in [7, 11) is 0. The van der Waals surface area contributed by atoms with E-state index in [1.807, 2.05) is 13.8 Å². The molecule has 0 spiro atoms. The monoisotopic (exact) mass is 267 g/mol. The molecule has 2 aliphatic rings. The van der Waals surface area contributed by atoms with Crippen molar-refractivity contribution in [1.82, 2.24) is 4.90 Å². The molecular formula is C17H33NO. The second-order valence-electron chi connectivity index (χ2n) is 6.36. The van der Waals surface area contributed by atoms with E-state index in [2.05, 4.69) is 25.7 Å². The maximum atomic E-state index is 12.5. The number of carbonyl (C=O) groups is 1. The van der Waals surface area contributed by atoms with Gasteiger partial charge in [-0.2, -0.15) is 0 Å². The van der Waals surface area contributed by atoms with E-state index in [1.165, 1.54) is 32.1 Å². The number of likely N-dealkylation sites (tertiary alicyclic amines) is 1. The van der Waals surface area contributed by atoms with Gasteiger partial charge in [0.05, 0.1) is 0 Å². The second kappa shape index (κ2) is 7.91. The average molecular weight is 267 g/mol. The van der Waals surface area contributed by atoms with Crippen molar-refractivity contribution in [1.29, 1.82) is 0 Å². The highest BCUT2D eigenvalue weighted by Crippen LogP contribution is 2.33. The third kappa shape index (κ3) is 4.22. The SMILES string of the molecule is CC.CC1CCN(C(=O)C(C)C2CCCC2)CC1C. The molecule has 1 saturated carbocycles. The highest BCUT2D eigenvalue weighted by molar-refractivity contribution is 5.79. The lowest BCUT2D eigenvalue weighted by Gasteiger charge is -2.37. The van der Waals surface area contributed by atoms with E-state index in [0.29, 0.717) is 17.7 Å². The van der Waals surface area contributed by atoms with Gasteiger partial charge >= 0.3 is 0 Å². The Morgan fingerprint density at radius 2 is 1.63 bits per heavy atom. The highest BCUT2D eigenvalue weighted by atomic mass is 16.2. The van der Waals surface area contributed by atoms with Crippen LogP contribution in [0.15, 0.2) is 0 Å². The molecule has 0 aromatic rings. The smallest absolute Gasteiger partial charge is 0.225 e. The Bertz CT molecular complexity index is 270. The maximum Gasteiger partial charge on any atom is 0.225 e. The standard InChI is InChI=1S/C15H27NO.C2H6/c1-11-8-9-16(10-12(11)2)15(17)13(3)14-6-4-5-7-14;1-2/h11-14H,4-10H2,1-3H3;1-2H3. The lowest BCUT2D eigenvalue weighted by Crippen LogP contribution is -2.45. The zero-order valence-corrected chi connectivity index (χ0v) is 13.6. The Labute approximate surface area is 119 Å². The fourth-order valence-electron chi connectivity index (χ4n) is 3.41. The quantitative estimate of drug-likeness (QED) is 0.728. The minimum atomic E-state index is 0.262. The van der Waals surface area contributed by atoms with Crippen molar-refractivity contribution in [2.45, 2.75) is 66.7 Å². The molecule has 0 N–H and O–H groups in total. The van der Waals surface area contributed by atoms with Crippen molar-refractivity contribution in [3.05, 3.63) is 0 Å². The van der Waals surface area contributed by atoms with E-state index in [9.17, 15) is 4.79 Å². The predicted molar refractivity (Wildman–Crippen MR) is 82.0 cm³/mol. The van der Waals surface area contributed by atoms with Crippen LogP contribution in [0.25, 0.3) is 0 Å². The molecule has 112 valence electrons. The molecular weight excluding hydrogens is 234 g/mol. The second-order valence-corrected chi connectivity index (χ2v) is 6.36. The van der Waals surface area contributed by atoms with Crippen molar-refractivity contribution < 1.29 is 4.79 Å². The molecule has 2 fully saturated rings. The predicted octanol–water partition coefficient (Wildman–Crippen LogP) is 4.34. The summed E-state index contributed by atoms with van der Waals surface area (Å²) in [6.45, 7) is 12.7. The molecule has 2 nitrogen and oxygen atoms in total. The van der Waals surface area contributed by atoms with Crippen LogP contribution in [-0.2, 0) is 4.79 Å². The number of nitrogens with zero attached hydrogens (tertiary/aromatic N) is 1. The first-order valence-electron chi connectivity index (χ1n) is 8.38. The summed E-state index contributed by atoms with van der Waals surface area (Å²) in [6, 6.07) is 0. The van der Waals surface area contributed by atoms with E-state index in [1.54, 1.807) is 0 Å².